The van der Waals surface area contributed by atoms with Crippen LogP contribution in [0.3, 0.4) is 0 Å². The summed E-state index contributed by atoms with van der Waals surface area (Å²) in [4.78, 5) is 6.77. The molecule has 1 N–H and O–H groups in total. The molecule has 5 rings (SSSR count). The number of benzene rings is 2. The maximum Gasteiger partial charge on any atom is 0.170 e. The molecule has 4 aromatic rings. The number of nitrogens with one attached hydrogen (secondary N) is 1. The summed E-state index contributed by atoms with van der Waals surface area (Å²) in [6, 6.07) is 26.0. The summed E-state index contributed by atoms with van der Waals surface area (Å²) in [6.07, 6.45) is 1.80. The first-order valence-electron chi connectivity index (χ1n) is 10.5. The highest BCUT2D eigenvalue weighted by Crippen LogP contribution is 2.41. The van der Waals surface area contributed by atoms with E-state index in [1.54, 1.807) is 6.20 Å². The van der Waals surface area contributed by atoms with E-state index >= 15 is 0 Å². The number of hydrogen-bond donors (Lipinski definition) is 1. The predicted octanol–water partition coefficient (Wildman–Crippen LogP) is 6.48. The summed E-state index contributed by atoms with van der Waals surface area (Å²) < 4.78 is 6.39. The Morgan fingerprint density at radius 2 is 1.84 bits per heavy atom. The van der Waals surface area contributed by atoms with Crippen LogP contribution in [0.5, 0.6) is 0 Å². The van der Waals surface area contributed by atoms with Crippen molar-refractivity contribution in [3.63, 3.8) is 0 Å². The molecule has 4 nitrogen and oxygen atoms in total. The van der Waals surface area contributed by atoms with Crippen molar-refractivity contribution in [2.45, 2.75) is 25.6 Å². The summed E-state index contributed by atoms with van der Waals surface area (Å²) in [6.45, 7) is 2.66. The van der Waals surface area contributed by atoms with Crippen LogP contribution in [0.1, 0.15) is 34.7 Å². The average molecular weight is 460 g/mol. The van der Waals surface area contributed by atoms with Gasteiger partial charge in [-0.1, -0.05) is 60.1 Å². The Morgan fingerprint density at radius 1 is 1.03 bits per heavy atom. The number of rotatable bonds is 5. The largest absolute Gasteiger partial charge is 0.459 e. The molecule has 2 aromatic carbocycles. The third kappa shape index (κ3) is 4.01. The molecule has 1 fully saturated rings. The first-order chi connectivity index (χ1) is 15.6. The first-order valence-corrected chi connectivity index (χ1v) is 11.3. The molecular formula is C26H22ClN3OS. The molecule has 3 heterocycles. The molecule has 1 aliphatic heterocycles. The van der Waals surface area contributed by atoms with Crippen molar-refractivity contribution in [2.24, 2.45) is 0 Å². The standard InChI is InChI=1S/C26H22ClN3OS/c1-17-10-11-19(15-20(17)27)22-12-13-23(31-22)25-24(21-9-5-6-14-28-21)29-26(32)30(25)16-18-7-3-2-4-8-18/h2-15,24-25H,16H2,1H3,(H,29,32)/t24-,25+/m1/s1. The highest BCUT2D eigenvalue weighted by Gasteiger charge is 2.41. The fourth-order valence-electron chi connectivity index (χ4n) is 4.08. The van der Waals surface area contributed by atoms with Gasteiger partial charge >= 0.3 is 0 Å². The van der Waals surface area contributed by atoms with Crippen LogP contribution < -0.4 is 5.32 Å². The van der Waals surface area contributed by atoms with Gasteiger partial charge in [0.1, 0.15) is 17.6 Å². The van der Waals surface area contributed by atoms with Crippen LogP contribution in [-0.2, 0) is 6.54 Å². The van der Waals surface area contributed by atoms with Gasteiger partial charge in [-0.05, 0) is 60.6 Å². The van der Waals surface area contributed by atoms with Crippen molar-refractivity contribution < 1.29 is 4.42 Å². The quantitative estimate of drug-likeness (QED) is 0.346. The number of pyridine rings is 1. The Morgan fingerprint density at radius 3 is 2.59 bits per heavy atom. The molecule has 0 saturated carbocycles. The second-order valence-electron chi connectivity index (χ2n) is 7.91. The third-order valence-electron chi connectivity index (χ3n) is 5.77. The monoisotopic (exact) mass is 459 g/mol. The molecule has 0 amide bonds. The lowest BCUT2D eigenvalue weighted by molar-refractivity contribution is 0.269. The van der Waals surface area contributed by atoms with E-state index in [1.165, 1.54) is 5.56 Å². The number of aromatic nitrogens is 1. The fourth-order valence-corrected chi connectivity index (χ4v) is 4.56. The fraction of sp³-hybridized carbons (Fsp3) is 0.154. The van der Waals surface area contributed by atoms with E-state index in [-0.39, 0.29) is 12.1 Å². The van der Waals surface area contributed by atoms with Crippen LogP contribution in [0.15, 0.2) is 89.5 Å². The zero-order valence-electron chi connectivity index (χ0n) is 17.5. The van der Waals surface area contributed by atoms with Gasteiger partial charge in [-0.2, -0.15) is 0 Å². The van der Waals surface area contributed by atoms with E-state index in [0.29, 0.717) is 11.7 Å². The summed E-state index contributed by atoms with van der Waals surface area (Å²) >= 11 is 12.1. The van der Waals surface area contributed by atoms with Gasteiger partial charge in [0.2, 0.25) is 0 Å². The average Bonchev–Trinajstić information content (AvgIpc) is 3.42. The molecule has 0 unspecified atom stereocenters. The molecule has 0 spiro atoms. The first kappa shape index (κ1) is 20.7. The van der Waals surface area contributed by atoms with E-state index in [0.717, 1.165) is 33.4 Å². The molecule has 0 bridgehead atoms. The summed E-state index contributed by atoms with van der Waals surface area (Å²) in [5.74, 6) is 1.61. The van der Waals surface area contributed by atoms with Gasteiger partial charge in [0.25, 0.3) is 0 Å². The Kier molecular flexibility index (Phi) is 5.68. The molecule has 1 saturated heterocycles. The minimum absolute atomic E-state index is 0.118. The number of thiocarbonyl (C=S) groups is 1. The van der Waals surface area contributed by atoms with Gasteiger partial charge in [-0.15, -0.1) is 0 Å². The summed E-state index contributed by atoms with van der Waals surface area (Å²) in [5.41, 5.74) is 4.09. The van der Waals surface area contributed by atoms with Crippen molar-refractivity contribution in [3.05, 3.63) is 113 Å². The Hall–Kier alpha value is -3.15. The molecule has 160 valence electrons. The zero-order chi connectivity index (χ0) is 22.1. The molecular weight excluding hydrogens is 438 g/mol. The Bertz CT molecular complexity index is 1240. The second-order valence-corrected chi connectivity index (χ2v) is 8.70. The van der Waals surface area contributed by atoms with Crippen LogP contribution in [0.2, 0.25) is 5.02 Å². The minimum Gasteiger partial charge on any atom is -0.459 e. The van der Waals surface area contributed by atoms with Crippen LogP contribution >= 0.6 is 23.8 Å². The molecule has 0 radical (unpaired) electrons. The van der Waals surface area contributed by atoms with Crippen LogP contribution in [0, 0.1) is 6.92 Å². The lowest BCUT2D eigenvalue weighted by Crippen LogP contribution is -2.29. The van der Waals surface area contributed by atoms with Crippen LogP contribution in [-0.4, -0.2) is 15.0 Å². The van der Waals surface area contributed by atoms with Gasteiger partial charge < -0.3 is 14.6 Å². The molecule has 32 heavy (non-hydrogen) atoms. The SMILES string of the molecule is Cc1ccc(-c2ccc([C@H]3[C@@H](c4ccccn4)NC(=S)N3Cc3ccccc3)o2)cc1Cl. The number of nitrogens with zero attached hydrogens (tertiary/aromatic N) is 2. The van der Waals surface area contributed by atoms with Crippen molar-refractivity contribution in [1.82, 2.24) is 15.2 Å². The molecule has 2 atom stereocenters. The summed E-state index contributed by atoms with van der Waals surface area (Å²) in [5, 5.41) is 4.88. The maximum atomic E-state index is 6.39. The van der Waals surface area contributed by atoms with Gasteiger partial charge in [-0.3, -0.25) is 4.98 Å². The summed E-state index contributed by atoms with van der Waals surface area (Å²) in [7, 11) is 0. The lowest BCUT2D eigenvalue weighted by atomic mass is 10.0. The number of hydrogen-bond acceptors (Lipinski definition) is 3. The molecule has 2 aromatic heterocycles. The van der Waals surface area contributed by atoms with Crippen molar-refractivity contribution >= 4 is 28.9 Å². The predicted molar refractivity (Wildman–Crippen MR) is 131 cm³/mol. The zero-order valence-corrected chi connectivity index (χ0v) is 19.1. The number of halogens is 1. The maximum absolute atomic E-state index is 6.39. The highest BCUT2D eigenvalue weighted by molar-refractivity contribution is 7.80. The van der Waals surface area contributed by atoms with E-state index < -0.39 is 0 Å². The van der Waals surface area contributed by atoms with Crippen LogP contribution in [0.25, 0.3) is 11.3 Å². The Balaban J connectivity index is 1.54. The normalized spacial score (nSPS) is 18.1. The van der Waals surface area contributed by atoms with Gasteiger partial charge in [0.05, 0.1) is 11.7 Å². The van der Waals surface area contributed by atoms with Crippen molar-refractivity contribution in [3.8, 4) is 11.3 Å². The molecule has 1 aliphatic rings. The van der Waals surface area contributed by atoms with Gasteiger partial charge in [0.15, 0.2) is 5.11 Å². The lowest BCUT2D eigenvalue weighted by Gasteiger charge is -2.26. The van der Waals surface area contributed by atoms with E-state index in [4.69, 9.17) is 28.2 Å². The van der Waals surface area contributed by atoms with Crippen molar-refractivity contribution in [1.29, 1.82) is 0 Å². The Labute approximate surface area is 197 Å². The smallest absolute Gasteiger partial charge is 0.170 e. The van der Waals surface area contributed by atoms with E-state index in [1.807, 2.05) is 73.7 Å². The minimum atomic E-state index is -0.132. The van der Waals surface area contributed by atoms with Gasteiger partial charge in [-0.25, -0.2) is 0 Å². The second kappa shape index (κ2) is 8.77. The van der Waals surface area contributed by atoms with Crippen molar-refractivity contribution in [2.75, 3.05) is 0 Å². The van der Waals surface area contributed by atoms with Gasteiger partial charge in [0, 0.05) is 23.3 Å². The number of aryl methyl sites for hydroxylation is 1. The van der Waals surface area contributed by atoms with E-state index in [2.05, 4.69) is 27.3 Å². The molecule has 6 heteroatoms. The highest BCUT2D eigenvalue weighted by atomic mass is 35.5. The van der Waals surface area contributed by atoms with E-state index in [9.17, 15) is 0 Å². The van der Waals surface area contributed by atoms with Crippen LogP contribution in [0.4, 0.5) is 0 Å². The molecule has 0 aliphatic carbocycles. The number of furan rings is 1. The topological polar surface area (TPSA) is 41.3 Å². The third-order valence-corrected chi connectivity index (χ3v) is 6.53.